The Bertz CT molecular complexity index is 670. The standard InChI is InChI=1S/C19H25N3O3/c1-24-16-6-4-12-7-14(19(23)22-17(12)9-16)11-21-15-5-3-13(10-20)18(8-15)25-2/h3,5,8,12,14,16-17,21H,4,6-7,9,11H2,1-2H3,(H,22,23). The molecule has 1 saturated heterocycles. The van der Waals surface area contributed by atoms with Gasteiger partial charge in [0.25, 0.3) is 0 Å². The van der Waals surface area contributed by atoms with Gasteiger partial charge in [-0.3, -0.25) is 4.79 Å². The van der Waals surface area contributed by atoms with Crippen LogP contribution in [-0.4, -0.2) is 38.8 Å². The van der Waals surface area contributed by atoms with Gasteiger partial charge >= 0.3 is 0 Å². The molecular formula is C19H25N3O3. The van der Waals surface area contributed by atoms with E-state index < -0.39 is 0 Å². The van der Waals surface area contributed by atoms with Gasteiger partial charge in [-0.25, -0.2) is 0 Å². The van der Waals surface area contributed by atoms with E-state index in [9.17, 15) is 4.79 Å². The Morgan fingerprint density at radius 1 is 1.32 bits per heavy atom. The summed E-state index contributed by atoms with van der Waals surface area (Å²) < 4.78 is 10.7. The molecule has 1 aliphatic carbocycles. The van der Waals surface area contributed by atoms with Gasteiger partial charge in [0.05, 0.1) is 24.7 Å². The molecule has 0 aromatic heterocycles. The summed E-state index contributed by atoms with van der Waals surface area (Å²) in [4.78, 5) is 12.4. The molecule has 0 radical (unpaired) electrons. The maximum atomic E-state index is 12.4. The van der Waals surface area contributed by atoms with Crippen molar-refractivity contribution >= 4 is 11.6 Å². The smallest absolute Gasteiger partial charge is 0.225 e. The Morgan fingerprint density at radius 3 is 2.88 bits per heavy atom. The Balaban J connectivity index is 1.59. The van der Waals surface area contributed by atoms with Crippen LogP contribution in [0.2, 0.25) is 0 Å². The number of hydrogen-bond acceptors (Lipinski definition) is 5. The lowest BCUT2D eigenvalue weighted by Gasteiger charge is -2.41. The summed E-state index contributed by atoms with van der Waals surface area (Å²) in [6.45, 7) is 0.581. The van der Waals surface area contributed by atoms with E-state index in [4.69, 9.17) is 14.7 Å². The van der Waals surface area contributed by atoms with Gasteiger partial charge in [-0.05, 0) is 43.7 Å². The predicted molar refractivity (Wildman–Crippen MR) is 94.4 cm³/mol. The lowest BCUT2D eigenvalue weighted by Crippen LogP contribution is -2.54. The minimum atomic E-state index is -0.0398. The number of anilines is 1. The zero-order valence-electron chi connectivity index (χ0n) is 14.7. The number of fused-ring (bicyclic) bond motifs is 1. The zero-order valence-corrected chi connectivity index (χ0v) is 14.7. The van der Waals surface area contributed by atoms with E-state index in [0.29, 0.717) is 23.8 Å². The summed E-state index contributed by atoms with van der Waals surface area (Å²) in [5.41, 5.74) is 1.36. The molecule has 0 bridgehead atoms. The van der Waals surface area contributed by atoms with Gasteiger partial charge < -0.3 is 20.1 Å². The summed E-state index contributed by atoms with van der Waals surface area (Å²) in [6.07, 6.45) is 4.26. The highest BCUT2D eigenvalue weighted by Crippen LogP contribution is 2.34. The van der Waals surface area contributed by atoms with Gasteiger partial charge in [-0.15, -0.1) is 0 Å². The topological polar surface area (TPSA) is 83.4 Å². The van der Waals surface area contributed by atoms with Gasteiger partial charge in [-0.1, -0.05) is 0 Å². The molecule has 1 amide bonds. The van der Waals surface area contributed by atoms with E-state index >= 15 is 0 Å². The predicted octanol–water partition coefficient (Wildman–Crippen LogP) is 2.30. The third-order valence-electron chi connectivity index (χ3n) is 5.44. The number of carbonyl (C=O) groups excluding carboxylic acids is 1. The van der Waals surface area contributed by atoms with Crippen LogP contribution in [0, 0.1) is 23.2 Å². The molecule has 3 rings (SSSR count). The molecule has 1 aromatic rings. The second kappa shape index (κ2) is 7.75. The molecule has 1 saturated carbocycles. The third kappa shape index (κ3) is 3.88. The Morgan fingerprint density at radius 2 is 2.16 bits per heavy atom. The SMILES string of the molecule is COc1cc(NCC2CC3CCC(OC)CC3NC2=O)ccc1C#N. The summed E-state index contributed by atoms with van der Waals surface area (Å²) in [5, 5.41) is 15.5. The quantitative estimate of drug-likeness (QED) is 0.857. The first-order chi connectivity index (χ1) is 12.1. The number of amides is 1. The number of rotatable bonds is 5. The van der Waals surface area contributed by atoms with Crippen LogP contribution in [0.4, 0.5) is 5.69 Å². The molecule has 1 aliphatic heterocycles. The Hall–Kier alpha value is -2.26. The zero-order chi connectivity index (χ0) is 17.8. The molecule has 25 heavy (non-hydrogen) atoms. The van der Waals surface area contributed by atoms with Crippen LogP contribution < -0.4 is 15.4 Å². The number of nitrogens with zero attached hydrogens (tertiary/aromatic N) is 1. The van der Waals surface area contributed by atoms with E-state index in [1.807, 2.05) is 6.07 Å². The number of nitriles is 1. The third-order valence-corrected chi connectivity index (χ3v) is 5.44. The van der Waals surface area contributed by atoms with Crippen LogP contribution in [0.3, 0.4) is 0 Å². The van der Waals surface area contributed by atoms with Gasteiger partial charge in [0, 0.05) is 31.5 Å². The highest BCUT2D eigenvalue weighted by molar-refractivity contribution is 5.80. The van der Waals surface area contributed by atoms with Crippen LogP contribution >= 0.6 is 0 Å². The molecule has 2 aliphatic rings. The first-order valence-corrected chi connectivity index (χ1v) is 8.79. The molecule has 6 heteroatoms. The van der Waals surface area contributed by atoms with Gasteiger partial charge in [-0.2, -0.15) is 5.26 Å². The van der Waals surface area contributed by atoms with Gasteiger partial charge in [0.15, 0.2) is 0 Å². The molecule has 2 fully saturated rings. The fourth-order valence-corrected chi connectivity index (χ4v) is 3.95. The van der Waals surface area contributed by atoms with Crippen molar-refractivity contribution in [2.24, 2.45) is 11.8 Å². The number of ether oxygens (including phenoxy) is 2. The molecule has 1 heterocycles. The highest BCUT2D eigenvalue weighted by atomic mass is 16.5. The number of methoxy groups -OCH3 is 2. The van der Waals surface area contributed by atoms with E-state index in [-0.39, 0.29) is 24.0 Å². The molecule has 2 N–H and O–H groups in total. The second-order valence-corrected chi connectivity index (χ2v) is 6.89. The van der Waals surface area contributed by atoms with Crippen LogP contribution in [0.5, 0.6) is 5.75 Å². The van der Waals surface area contributed by atoms with Crippen LogP contribution in [0.1, 0.15) is 31.2 Å². The molecule has 0 spiro atoms. The first kappa shape index (κ1) is 17.6. The van der Waals surface area contributed by atoms with Crippen molar-refractivity contribution in [3.8, 4) is 11.8 Å². The normalized spacial score (nSPS) is 28.4. The molecule has 6 nitrogen and oxygen atoms in total. The molecule has 134 valence electrons. The van der Waals surface area contributed by atoms with Crippen molar-refractivity contribution in [1.82, 2.24) is 5.32 Å². The fraction of sp³-hybridized carbons (Fsp3) is 0.579. The minimum absolute atomic E-state index is 0.0398. The maximum absolute atomic E-state index is 12.4. The molecular weight excluding hydrogens is 318 g/mol. The van der Waals surface area contributed by atoms with Crippen molar-refractivity contribution in [3.63, 3.8) is 0 Å². The van der Waals surface area contributed by atoms with Crippen molar-refractivity contribution in [2.75, 3.05) is 26.1 Å². The molecule has 4 unspecified atom stereocenters. The fourth-order valence-electron chi connectivity index (χ4n) is 3.95. The summed E-state index contributed by atoms with van der Waals surface area (Å²) in [5.74, 6) is 1.15. The van der Waals surface area contributed by atoms with E-state index in [2.05, 4.69) is 16.7 Å². The van der Waals surface area contributed by atoms with Crippen molar-refractivity contribution < 1.29 is 14.3 Å². The van der Waals surface area contributed by atoms with Crippen molar-refractivity contribution in [3.05, 3.63) is 23.8 Å². The first-order valence-electron chi connectivity index (χ1n) is 8.79. The second-order valence-electron chi connectivity index (χ2n) is 6.89. The van der Waals surface area contributed by atoms with Crippen LogP contribution in [0.15, 0.2) is 18.2 Å². The van der Waals surface area contributed by atoms with Gasteiger partial charge in [0.2, 0.25) is 5.91 Å². The largest absolute Gasteiger partial charge is 0.495 e. The number of nitrogens with one attached hydrogen (secondary N) is 2. The van der Waals surface area contributed by atoms with Crippen LogP contribution in [-0.2, 0) is 9.53 Å². The number of carbonyl (C=O) groups is 1. The average Bonchev–Trinajstić information content (AvgIpc) is 2.65. The summed E-state index contributed by atoms with van der Waals surface area (Å²) in [7, 11) is 3.29. The highest BCUT2D eigenvalue weighted by Gasteiger charge is 2.39. The lowest BCUT2D eigenvalue weighted by atomic mass is 9.75. The maximum Gasteiger partial charge on any atom is 0.225 e. The van der Waals surface area contributed by atoms with E-state index in [0.717, 1.165) is 31.4 Å². The molecule has 4 atom stereocenters. The summed E-state index contributed by atoms with van der Waals surface area (Å²) >= 11 is 0. The van der Waals surface area contributed by atoms with E-state index in [1.165, 1.54) is 0 Å². The number of piperidine rings is 1. The van der Waals surface area contributed by atoms with E-state index in [1.54, 1.807) is 26.4 Å². The average molecular weight is 343 g/mol. The summed E-state index contributed by atoms with van der Waals surface area (Å²) in [6, 6.07) is 7.71. The van der Waals surface area contributed by atoms with Gasteiger partial charge in [0.1, 0.15) is 11.8 Å². The minimum Gasteiger partial charge on any atom is -0.495 e. The Labute approximate surface area is 148 Å². The van der Waals surface area contributed by atoms with Crippen molar-refractivity contribution in [1.29, 1.82) is 5.26 Å². The lowest BCUT2D eigenvalue weighted by molar-refractivity contribution is -0.130. The monoisotopic (exact) mass is 343 g/mol. The Kier molecular flexibility index (Phi) is 5.44. The molecule has 1 aromatic carbocycles. The van der Waals surface area contributed by atoms with Crippen molar-refractivity contribution in [2.45, 2.75) is 37.8 Å². The van der Waals surface area contributed by atoms with Crippen LogP contribution in [0.25, 0.3) is 0 Å². The number of benzene rings is 1. The number of hydrogen-bond donors (Lipinski definition) is 2.